The molecule has 2 rings (SSSR count). The zero-order valence-corrected chi connectivity index (χ0v) is 12.8. The number of para-hydroxylation sites is 1. The summed E-state index contributed by atoms with van der Waals surface area (Å²) in [6.07, 6.45) is 0. The molecule has 0 amide bonds. The summed E-state index contributed by atoms with van der Waals surface area (Å²) in [6, 6.07) is 16.2. The number of hydrogen-bond donors (Lipinski definition) is 1. The van der Waals surface area contributed by atoms with Gasteiger partial charge in [0.25, 0.3) is 0 Å². The van der Waals surface area contributed by atoms with Gasteiger partial charge in [0, 0.05) is 5.56 Å². The molecule has 0 aliphatic carbocycles. The molecule has 0 aliphatic heterocycles. The van der Waals surface area contributed by atoms with Crippen molar-refractivity contribution in [2.75, 3.05) is 0 Å². The van der Waals surface area contributed by atoms with E-state index in [9.17, 15) is 9.90 Å². The van der Waals surface area contributed by atoms with Gasteiger partial charge in [-0.25, -0.2) is 0 Å². The summed E-state index contributed by atoms with van der Waals surface area (Å²) in [6.45, 7) is 0. The van der Waals surface area contributed by atoms with Crippen LogP contribution in [0.1, 0.15) is 15.9 Å². The molecule has 18 heavy (non-hydrogen) atoms. The monoisotopic (exact) mass is 292 g/mol. The molecule has 1 N–H and O–H groups in total. The Hall–Kier alpha value is -1.67. The SMILES string of the molecule is O=C([O-])c1ccccc1O.[Zn+][CH2]c1ccccc1. The summed E-state index contributed by atoms with van der Waals surface area (Å²) in [5.74, 6) is -1.62. The van der Waals surface area contributed by atoms with E-state index in [2.05, 4.69) is 30.3 Å². The number of carboxylic acid groups (broad SMARTS) is 1. The van der Waals surface area contributed by atoms with Crippen LogP contribution in [0, 0.1) is 0 Å². The first-order valence-corrected chi connectivity index (χ1v) is 7.57. The molecule has 0 saturated carbocycles. The zero-order chi connectivity index (χ0) is 13.4. The first kappa shape index (κ1) is 14.4. The summed E-state index contributed by atoms with van der Waals surface area (Å²) in [7, 11) is 0. The van der Waals surface area contributed by atoms with Gasteiger partial charge in [-0.05, 0) is 12.1 Å². The van der Waals surface area contributed by atoms with E-state index in [1.165, 1.54) is 47.1 Å². The van der Waals surface area contributed by atoms with Crippen LogP contribution in [0.25, 0.3) is 0 Å². The van der Waals surface area contributed by atoms with Crippen LogP contribution >= 0.6 is 0 Å². The van der Waals surface area contributed by atoms with E-state index in [0.717, 1.165) is 0 Å². The number of carbonyl (C=O) groups excluding carboxylic acids is 1. The standard InChI is InChI=1S/C7H6O3.C7H7.Zn/c8-6-4-2-1-3-5(6)7(9)10;1-7-5-3-2-4-6-7;/h1-4,8H,(H,9,10);2-6H,1H2;/q;;+1/p-1. The van der Waals surface area contributed by atoms with E-state index < -0.39 is 5.97 Å². The normalized spacial score (nSPS) is 9.22. The second kappa shape index (κ2) is 7.62. The van der Waals surface area contributed by atoms with Crippen molar-refractivity contribution in [2.24, 2.45) is 0 Å². The molecule has 4 heteroatoms. The maximum absolute atomic E-state index is 10.2. The molecule has 0 spiro atoms. The van der Waals surface area contributed by atoms with Gasteiger partial charge in [0.15, 0.2) is 0 Å². The van der Waals surface area contributed by atoms with E-state index in [1.807, 2.05) is 0 Å². The second-order valence-corrected chi connectivity index (χ2v) is 4.59. The molecule has 88 valence electrons. The van der Waals surface area contributed by atoms with E-state index in [1.54, 1.807) is 6.07 Å². The fraction of sp³-hybridized carbons (Fsp3) is 0.0714. The van der Waals surface area contributed by atoms with Crippen molar-refractivity contribution in [3.05, 3.63) is 65.7 Å². The molecule has 0 aromatic heterocycles. The van der Waals surface area contributed by atoms with E-state index in [-0.39, 0.29) is 11.3 Å². The summed E-state index contributed by atoms with van der Waals surface area (Å²) in [5, 5.41) is 20.3. The average Bonchev–Trinajstić information content (AvgIpc) is 2.40. The molecule has 0 heterocycles. The molecule has 3 nitrogen and oxygen atoms in total. The minimum atomic E-state index is -1.36. The van der Waals surface area contributed by atoms with Crippen LogP contribution < -0.4 is 5.11 Å². The van der Waals surface area contributed by atoms with E-state index in [0.29, 0.717) is 0 Å². The molecule has 0 aliphatic rings. The van der Waals surface area contributed by atoms with Crippen LogP contribution in [0.3, 0.4) is 0 Å². The second-order valence-electron chi connectivity index (χ2n) is 3.54. The Morgan fingerprint density at radius 2 is 1.61 bits per heavy atom. The Kier molecular flexibility index (Phi) is 6.09. The molecule has 0 radical (unpaired) electrons. The quantitative estimate of drug-likeness (QED) is 0.854. The van der Waals surface area contributed by atoms with Gasteiger partial charge in [0.05, 0.1) is 5.97 Å². The molecule has 0 unspecified atom stereocenters. The third-order valence-corrected chi connectivity index (χ3v) is 3.47. The number of aromatic carboxylic acids is 1. The Morgan fingerprint density at radius 1 is 1.06 bits per heavy atom. The zero-order valence-electron chi connectivity index (χ0n) is 9.87. The van der Waals surface area contributed by atoms with Crippen molar-refractivity contribution in [3.8, 4) is 5.75 Å². The molecule has 2 aromatic rings. The molecule has 0 atom stereocenters. The van der Waals surface area contributed by atoms with Crippen molar-refractivity contribution in [3.63, 3.8) is 0 Å². The fourth-order valence-electron chi connectivity index (χ4n) is 1.29. The molecular weight excluding hydrogens is 282 g/mol. The number of rotatable bonds is 2. The van der Waals surface area contributed by atoms with Crippen molar-refractivity contribution in [1.29, 1.82) is 0 Å². The van der Waals surface area contributed by atoms with Crippen molar-refractivity contribution in [2.45, 2.75) is 5.02 Å². The molecule has 0 fully saturated rings. The van der Waals surface area contributed by atoms with Crippen LogP contribution in [0.5, 0.6) is 5.75 Å². The summed E-state index contributed by atoms with van der Waals surface area (Å²) in [4.78, 5) is 10.2. The van der Waals surface area contributed by atoms with Gasteiger partial charge in [-0.2, -0.15) is 0 Å². The summed E-state index contributed by atoms with van der Waals surface area (Å²) < 4.78 is 0. The van der Waals surface area contributed by atoms with Gasteiger partial charge in [0.2, 0.25) is 0 Å². The number of benzene rings is 2. The number of hydrogen-bond acceptors (Lipinski definition) is 3. The average molecular weight is 294 g/mol. The Bertz CT molecular complexity index is 497. The number of aromatic hydroxyl groups is 1. The maximum atomic E-state index is 10.2. The van der Waals surface area contributed by atoms with Gasteiger partial charge in [-0.3, -0.25) is 0 Å². The first-order valence-electron chi connectivity index (χ1n) is 5.47. The predicted octanol–water partition coefficient (Wildman–Crippen LogP) is 1.49. The molecule has 0 bridgehead atoms. The third kappa shape index (κ3) is 4.68. The van der Waals surface area contributed by atoms with Gasteiger partial charge in [0.1, 0.15) is 5.75 Å². The van der Waals surface area contributed by atoms with E-state index >= 15 is 0 Å². The Balaban J connectivity index is 0.000000184. The summed E-state index contributed by atoms with van der Waals surface area (Å²) in [5.41, 5.74) is 1.29. The van der Waals surface area contributed by atoms with Crippen molar-refractivity contribution < 1.29 is 33.3 Å². The van der Waals surface area contributed by atoms with Crippen LogP contribution in [0.4, 0.5) is 0 Å². The van der Waals surface area contributed by atoms with Crippen LogP contribution in [-0.4, -0.2) is 11.1 Å². The van der Waals surface area contributed by atoms with E-state index in [4.69, 9.17) is 5.11 Å². The van der Waals surface area contributed by atoms with Gasteiger partial charge in [-0.1, -0.05) is 12.1 Å². The molecular formula is C14H12O3Zn. The number of phenols is 1. The van der Waals surface area contributed by atoms with Gasteiger partial charge in [-0.15, -0.1) is 0 Å². The van der Waals surface area contributed by atoms with Crippen LogP contribution in [0.15, 0.2) is 54.6 Å². The number of carbonyl (C=O) groups is 1. The third-order valence-electron chi connectivity index (χ3n) is 2.26. The van der Waals surface area contributed by atoms with Crippen LogP contribution in [-0.2, 0) is 23.3 Å². The topological polar surface area (TPSA) is 60.4 Å². The number of carboxylic acids is 1. The van der Waals surface area contributed by atoms with Crippen LogP contribution in [0.2, 0.25) is 0 Å². The minimum absolute atomic E-state index is 0.178. The summed E-state index contributed by atoms with van der Waals surface area (Å²) >= 11 is 1.37. The molecule has 2 aromatic carbocycles. The first-order chi connectivity index (χ1) is 8.65. The van der Waals surface area contributed by atoms with Gasteiger partial charge >= 0.3 is 59.2 Å². The van der Waals surface area contributed by atoms with Crippen molar-refractivity contribution in [1.82, 2.24) is 0 Å². The fourth-order valence-corrected chi connectivity index (χ4v) is 1.99. The van der Waals surface area contributed by atoms with Crippen molar-refractivity contribution >= 4 is 5.97 Å². The Labute approximate surface area is 116 Å². The Morgan fingerprint density at radius 3 is 2.00 bits per heavy atom. The predicted molar refractivity (Wildman–Crippen MR) is 62.6 cm³/mol. The molecule has 0 saturated heterocycles. The van der Waals surface area contributed by atoms with Gasteiger partial charge < -0.3 is 15.0 Å².